The summed E-state index contributed by atoms with van der Waals surface area (Å²) in [6.45, 7) is 4.70. The van der Waals surface area contributed by atoms with Crippen LogP contribution in [0.2, 0.25) is 0 Å². The van der Waals surface area contributed by atoms with Crippen molar-refractivity contribution in [3.8, 4) is 27.9 Å². The first-order valence-corrected chi connectivity index (χ1v) is 15.2. The van der Waals surface area contributed by atoms with E-state index in [1.54, 1.807) is 0 Å². The molecular weight excluding hydrogens is 578 g/mol. The average molecular weight is 605 g/mol. The zero-order valence-electron chi connectivity index (χ0n) is 23.3. The van der Waals surface area contributed by atoms with Gasteiger partial charge in [-0.1, -0.05) is 96.5 Å². The van der Waals surface area contributed by atoms with E-state index in [0.717, 1.165) is 37.5 Å². The first kappa shape index (κ1) is 24.0. The predicted molar refractivity (Wildman–Crippen MR) is 179 cm³/mol. The van der Waals surface area contributed by atoms with E-state index in [1.807, 2.05) is 12.1 Å². The van der Waals surface area contributed by atoms with Gasteiger partial charge in [0.2, 0.25) is 0 Å². The Labute approximate surface area is 251 Å². The summed E-state index contributed by atoms with van der Waals surface area (Å²) >= 11 is 3.79. The van der Waals surface area contributed by atoms with Gasteiger partial charge in [0, 0.05) is 42.7 Å². The molecule has 1 aliphatic carbocycles. The van der Waals surface area contributed by atoms with Crippen LogP contribution < -0.4 is 0 Å². The Hall–Kier alpha value is -4.60. The van der Waals surface area contributed by atoms with Crippen LogP contribution in [0.25, 0.3) is 71.7 Å². The van der Waals surface area contributed by atoms with Crippen LogP contribution in [0.3, 0.4) is 0 Å². The van der Waals surface area contributed by atoms with Gasteiger partial charge in [-0.15, -0.1) is 0 Å². The fourth-order valence-electron chi connectivity index (χ4n) is 7.25. The molecule has 0 saturated heterocycles. The Morgan fingerprint density at radius 3 is 2.24 bits per heavy atom. The highest BCUT2D eigenvalue weighted by Gasteiger charge is 2.36. The molecule has 0 saturated carbocycles. The van der Waals surface area contributed by atoms with Gasteiger partial charge >= 0.3 is 0 Å². The molecule has 0 aliphatic heterocycles. The third-order valence-electron chi connectivity index (χ3n) is 9.27. The Morgan fingerprint density at radius 2 is 1.36 bits per heavy atom. The van der Waals surface area contributed by atoms with Gasteiger partial charge in [0.15, 0.2) is 0 Å². The Bertz CT molecular complexity index is 2390. The molecule has 200 valence electrons. The second kappa shape index (κ2) is 8.47. The Balaban J connectivity index is 1.38. The molecule has 42 heavy (non-hydrogen) atoms. The van der Waals surface area contributed by atoms with Crippen molar-refractivity contribution in [2.75, 3.05) is 0 Å². The van der Waals surface area contributed by atoms with Crippen molar-refractivity contribution >= 4 is 59.7 Å². The van der Waals surface area contributed by atoms with Crippen molar-refractivity contribution in [1.29, 1.82) is 0 Å². The molecule has 0 bridgehead atoms. The molecule has 0 radical (unpaired) electrons. The predicted octanol–water partition coefficient (Wildman–Crippen LogP) is 11.4. The maximum atomic E-state index is 6.48. The summed E-state index contributed by atoms with van der Waals surface area (Å²) in [6.07, 6.45) is 0. The lowest BCUT2D eigenvalue weighted by molar-refractivity contribution is 0.661. The Kier molecular flexibility index (Phi) is 4.85. The number of aromatic nitrogens is 1. The molecule has 0 amide bonds. The van der Waals surface area contributed by atoms with Gasteiger partial charge in [-0.05, 0) is 82.4 Å². The van der Waals surface area contributed by atoms with E-state index in [0.29, 0.717) is 0 Å². The number of furan rings is 1. The number of fused-ring (bicyclic) bond motifs is 9. The van der Waals surface area contributed by atoms with E-state index >= 15 is 0 Å². The van der Waals surface area contributed by atoms with Crippen LogP contribution in [0, 0.1) is 0 Å². The summed E-state index contributed by atoms with van der Waals surface area (Å²) in [5, 5.41) is 4.75. The summed E-state index contributed by atoms with van der Waals surface area (Å²) in [6, 6.07) is 43.9. The van der Waals surface area contributed by atoms with Crippen molar-refractivity contribution in [3.63, 3.8) is 0 Å². The van der Waals surface area contributed by atoms with Crippen molar-refractivity contribution in [1.82, 2.24) is 4.57 Å². The maximum Gasteiger partial charge on any atom is 0.144 e. The number of halogens is 1. The molecular formula is C39H26BrNO. The van der Waals surface area contributed by atoms with Crippen molar-refractivity contribution in [2.45, 2.75) is 19.3 Å². The zero-order chi connectivity index (χ0) is 28.2. The smallest absolute Gasteiger partial charge is 0.144 e. The standard InChI is InChI=1S/C39H26BrNO/c1-39(2)31-14-8-6-12-26(31)28-21-30-29-20-23(25-17-18-33(40)37-27-13-7-9-15-36(27)42-38(25)37)16-19-34(29)41(35(30)22-32(28)39)24-10-4-3-5-11-24/h3-22H,1-2H3. The molecule has 0 spiro atoms. The minimum atomic E-state index is -0.0619. The normalized spacial score (nSPS) is 13.8. The maximum absolute atomic E-state index is 6.48. The molecule has 6 aromatic carbocycles. The number of rotatable bonds is 2. The molecule has 8 aromatic rings. The molecule has 0 unspecified atom stereocenters. The van der Waals surface area contributed by atoms with Crippen molar-refractivity contribution < 1.29 is 4.42 Å². The van der Waals surface area contributed by atoms with E-state index in [9.17, 15) is 0 Å². The highest BCUT2D eigenvalue weighted by Crippen LogP contribution is 2.51. The van der Waals surface area contributed by atoms with Gasteiger partial charge < -0.3 is 8.98 Å². The number of benzene rings is 6. The second-order valence-electron chi connectivity index (χ2n) is 11.9. The topological polar surface area (TPSA) is 18.1 Å². The van der Waals surface area contributed by atoms with Crippen LogP contribution in [0.4, 0.5) is 0 Å². The Morgan fingerprint density at radius 1 is 0.595 bits per heavy atom. The van der Waals surface area contributed by atoms with Crippen LogP contribution in [0.15, 0.2) is 130 Å². The second-order valence-corrected chi connectivity index (χ2v) is 12.7. The van der Waals surface area contributed by atoms with Crippen LogP contribution >= 0.6 is 15.9 Å². The van der Waals surface area contributed by atoms with E-state index in [1.165, 1.54) is 49.7 Å². The molecule has 3 heteroatoms. The average Bonchev–Trinajstić information content (AvgIpc) is 3.63. The highest BCUT2D eigenvalue weighted by molar-refractivity contribution is 9.10. The first-order chi connectivity index (χ1) is 20.5. The van der Waals surface area contributed by atoms with E-state index in [-0.39, 0.29) is 5.41 Å². The molecule has 2 nitrogen and oxygen atoms in total. The number of hydrogen-bond acceptors (Lipinski definition) is 1. The largest absolute Gasteiger partial charge is 0.455 e. The van der Waals surface area contributed by atoms with Crippen molar-refractivity contribution in [2.24, 2.45) is 0 Å². The lowest BCUT2D eigenvalue weighted by Crippen LogP contribution is -2.14. The van der Waals surface area contributed by atoms with Gasteiger partial charge in [0.05, 0.1) is 11.0 Å². The quantitative estimate of drug-likeness (QED) is 0.192. The summed E-state index contributed by atoms with van der Waals surface area (Å²) in [7, 11) is 0. The molecule has 1 aliphatic rings. The van der Waals surface area contributed by atoms with E-state index in [2.05, 4.69) is 144 Å². The van der Waals surface area contributed by atoms with Gasteiger partial charge in [-0.2, -0.15) is 0 Å². The van der Waals surface area contributed by atoms with Crippen molar-refractivity contribution in [3.05, 3.63) is 137 Å². The minimum absolute atomic E-state index is 0.0619. The van der Waals surface area contributed by atoms with Gasteiger partial charge in [-0.3, -0.25) is 0 Å². The SMILES string of the molecule is CC1(C)c2ccccc2-c2cc3c4cc(-c5ccc(Br)c6c5oc5ccccc56)ccc4n(-c4ccccc4)c3cc21. The third kappa shape index (κ3) is 3.15. The monoisotopic (exact) mass is 603 g/mol. The summed E-state index contributed by atoms with van der Waals surface area (Å²) in [5.41, 5.74) is 13.1. The molecule has 2 heterocycles. The van der Waals surface area contributed by atoms with Crippen LogP contribution in [0.1, 0.15) is 25.0 Å². The van der Waals surface area contributed by atoms with Crippen LogP contribution in [-0.4, -0.2) is 4.57 Å². The van der Waals surface area contributed by atoms with Gasteiger partial charge in [0.1, 0.15) is 11.2 Å². The zero-order valence-corrected chi connectivity index (χ0v) is 24.9. The fourth-order valence-corrected chi connectivity index (χ4v) is 7.78. The van der Waals surface area contributed by atoms with Crippen LogP contribution in [-0.2, 0) is 5.41 Å². The molecule has 0 fully saturated rings. The summed E-state index contributed by atoms with van der Waals surface area (Å²) < 4.78 is 9.95. The lowest BCUT2D eigenvalue weighted by Gasteiger charge is -2.21. The highest BCUT2D eigenvalue weighted by atomic mass is 79.9. The van der Waals surface area contributed by atoms with Gasteiger partial charge in [0.25, 0.3) is 0 Å². The number of nitrogens with zero attached hydrogens (tertiary/aromatic N) is 1. The summed E-state index contributed by atoms with van der Waals surface area (Å²) in [4.78, 5) is 0. The number of hydrogen-bond donors (Lipinski definition) is 0. The molecule has 0 N–H and O–H groups in total. The summed E-state index contributed by atoms with van der Waals surface area (Å²) in [5.74, 6) is 0. The van der Waals surface area contributed by atoms with Gasteiger partial charge in [-0.25, -0.2) is 0 Å². The van der Waals surface area contributed by atoms with Crippen LogP contribution in [0.5, 0.6) is 0 Å². The molecule has 2 aromatic heterocycles. The first-order valence-electron chi connectivity index (χ1n) is 14.4. The molecule has 9 rings (SSSR count). The fraction of sp³-hybridized carbons (Fsp3) is 0.0769. The van der Waals surface area contributed by atoms with E-state index < -0.39 is 0 Å². The third-order valence-corrected chi connectivity index (χ3v) is 9.93. The minimum Gasteiger partial charge on any atom is -0.455 e. The van der Waals surface area contributed by atoms with E-state index in [4.69, 9.17) is 4.42 Å². The number of para-hydroxylation sites is 2. The molecule has 0 atom stereocenters. The lowest BCUT2D eigenvalue weighted by atomic mass is 9.82.